The molecule has 120 valence electrons. The summed E-state index contributed by atoms with van der Waals surface area (Å²) in [6.45, 7) is 0. The maximum Gasteiger partial charge on any atom is 0.278 e. The Morgan fingerprint density at radius 3 is 2.22 bits per heavy atom. The van der Waals surface area contributed by atoms with Gasteiger partial charge in [-0.3, -0.25) is 10.1 Å². The molecule has 0 fully saturated rings. The van der Waals surface area contributed by atoms with Crippen LogP contribution in [0.5, 0.6) is 0 Å². The minimum Gasteiger partial charge on any atom is -0.258 e. The van der Waals surface area contributed by atoms with Gasteiger partial charge < -0.3 is 0 Å². The lowest BCUT2D eigenvalue weighted by molar-refractivity contribution is -0.384. The summed E-state index contributed by atoms with van der Waals surface area (Å²) in [6.07, 6.45) is 0. The quantitative estimate of drug-likeness (QED) is 0.469. The van der Waals surface area contributed by atoms with E-state index in [9.17, 15) is 18.5 Å². The van der Waals surface area contributed by atoms with E-state index in [0.717, 1.165) is 4.41 Å². The highest BCUT2D eigenvalue weighted by molar-refractivity contribution is 7.89. The second kappa shape index (κ2) is 6.76. The number of nitro groups is 1. The van der Waals surface area contributed by atoms with Gasteiger partial charge in [-0.1, -0.05) is 29.8 Å². The molecule has 0 saturated heterocycles. The van der Waals surface area contributed by atoms with Crippen molar-refractivity contribution < 1.29 is 13.3 Å². The highest BCUT2D eigenvalue weighted by Gasteiger charge is 2.19. The standard InChI is InChI=1S/C14H12ClN3O4S/c1-17(23(21,22)13-5-3-2-4-6-13)16-14(15)11-7-9-12(10-8-11)18(19)20/h2-10H,1H3/b16-14-. The summed E-state index contributed by atoms with van der Waals surface area (Å²) in [7, 11) is -2.55. The first-order valence-corrected chi connectivity index (χ1v) is 8.17. The number of non-ortho nitro benzene ring substituents is 1. The van der Waals surface area contributed by atoms with Gasteiger partial charge in [0.15, 0.2) is 5.17 Å². The molecule has 0 aliphatic rings. The molecule has 0 unspecified atom stereocenters. The molecule has 2 aromatic carbocycles. The average Bonchev–Trinajstić information content (AvgIpc) is 2.55. The SMILES string of the molecule is CN(/N=C(\Cl)c1ccc([N+](=O)[O-])cc1)S(=O)(=O)c1ccccc1. The zero-order chi connectivity index (χ0) is 17.0. The van der Waals surface area contributed by atoms with Gasteiger partial charge in [0.1, 0.15) is 0 Å². The topological polar surface area (TPSA) is 92.9 Å². The molecule has 23 heavy (non-hydrogen) atoms. The molecule has 0 radical (unpaired) electrons. The fraction of sp³-hybridized carbons (Fsp3) is 0.0714. The lowest BCUT2D eigenvalue weighted by Crippen LogP contribution is -2.22. The Morgan fingerprint density at radius 2 is 1.70 bits per heavy atom. The van der Waals surface area contributed by atoms with Crippen LogP contribution < -0.4 is 0 Å². The van der Waals surface area contributed by atoms with Crippen molar-refractivity contribution in [1.29, 1.82) is 0 Å². The van der Waals surface area contributed by atoms with Crippen LogP contribution in [-0.4, -0.2) is 30.0 Å². The minimum atomic E-state index is -3.81. The zero-order valence-corrected chi connectivity index (χ0v) is 13.5. The summed E-state index contributed by atoms with van der Waals surface area (Å²) >= 11 is 6.00. The number of hydrazone groups is 1. The average molecular weight is 354 g/mol. The second-order valence-electron chi connectivity index (χ2n) is 4.45. The molecule has 0 heterocycles. The summed E-state index contributed by atoms with van der Waals surface area (Å²) in [5.41, 5.74) is 0.274. The van der Waals surface area contributed by atoms with Gasteiger partial charge >= 0.3 is 0 Å². The zero-order valence-electron chi connectivity index (χ0n) is 12.0. The molecule has 0 aliphatic carbocycles. The number of hydrogen-bond donors (Lipinski definition) is 0. The third-order valence-electron chi connectivity index (χ3n) is 2.93. The number of hydrogen-bond acceptors (Lipinski definition) is 5. The first-order chi connectivity index (χ1) is 10.8. The Labute approximate surface area is 138 Å². The van der Waals surface area contributed by atoms with Gasteiger partial charge in [-0.25, -0.2) is 0 Å². The summed E-state index contributed by atoms with van der Waals surface area (Å²) in [5.74, 6) is 0. The van der Waals surface area contributed by atoms with Crippen LogP contribution in [0.3, 0.4) is 0 Å². The Morgan fingerprint density at radius 1 is 1.13 bits per heavy atom. The van der Waals surface area contributed by atoms with Gasteiger partial charge in [-0.15, -0.1) is 5.10 Å². The van der Waals surface area contributed by atoms with Crippen molar-refractivity contribution in [2.45, 2.75) is 4.90 Å². The van der Waals surface area contributed by atoms with Gasteiger partial charge in [0, 0.05) is 24.7 Å². The van der Waals surface area contributed by atoms with Crippen molar-refractivity contribution in [2.75, 3.05) is 7.05 Å². The minimum absolute atomic E-state index is 0.0828. The largest absolute Gasteiger partial charge is 0.278 e. The molecule has 0 aromatic heterocycles. The maximum absolute atomic E-state index is 12.3. The molecule has 0 amide bonds. The molecule has 9 heteroatoms. The Kier molecular flexibility index (Phi) is 4.97. The van der Waals surface area contributed by atoms with Crippen molar-refractivity contribution in [1.82, 2.24) is 4.41 Å². The van der Waals surface area contributed by atoms with E-state index < -0.39 is 14.9 Å². The van der Waals surface area contributed by atoms with Crippen LogP contribution in [0, 0.1) is 10.1 Å². The monoisotopic (exact) mass is 353 g/mol. The number of nitrogens with zero attached hydrogens (tertiary/aromatic N) is 3. The molecule has 0 saturated carbocycles. The van der Waals surface area contributed by atoms with Crippen LogP contribution in [0.25, 0.3) is 0 Å². The molecule has 0 bridgehead atoms. The van der Waals surface area contributed by atoms with E-state index >= 15 is 0 Å². The first kappa shape index (κ1) is 16.9. The predicted octanol–water partition coefficient (Wildman–Crippen LogP) is 2.82. The molecule has 0 aliphatic heterocycles. The van der Waals surface area contributed by atoms with E-state index in [-0.39, 0.29) is 15.8 Å². The highest BCUT2D eigenvalue weighted by Crippen LogP contribution is 2.17. The highest BCUT2D eigenvalue weighted by atomic mass is 35.5. The summed E-state index contributed by atoms with van der Waals surface area (Å²) < 4.78 is 25.4. The molecular weight excluding hydrogens is 342 g/mol. The first-order valence-electron chi connectivity index (χ1n) is 6.35. The third kappa shape index (κ3) is 3.85. The van der Waals surface area contributed by atoms with E-state index in [4.69, 9.17) is 11.6 Å². The van der Waals surface area contributed by atoms with Crippen LogP contribution in [0.4, 0.5) is 5.69 Å². The van der Waals surface area contributed by atoms with Crippen LogP contribution in [0.1, 0.15) is 5.56 Å². The van der Waals surface area contributed by atoms with E-state index in [2.05, 4.69) is 5.10 Å². The van der Waals surface area contributed by atoms with Crippen LogP contribution in [0.2, 0.25) is 0 Å². The second-order valence-corrected chi connectivity index (χ2v) is 6.76. The molecule has 2 aromatic rings. The van der Waals surface area contributed by atoms with Gasteiger partial charge in [0.25, 0.3) is 15.7 Å². The van der Waals surface area contributed by atoms with E-state index in [1.54, 1.807) is 18.2 Å². The molecule has 0 N–H and O–H groups in total. The normalized spacial score (nSPS) is 12.0. The number of rotatable bonds is 5. The van der Waals surface area contributed by atoms with Crippen molar-refractivity contribution in [2.24, 2.45) is 5.10 Å². The van der Waals surface area contributed by atoms with Crippen molar-refractivity contribution in [3.63, 3.8) is 0 Å². The van der Waals surface area contributed by atoms with Crippen molar-refractivity contribution in [3.05, 3.63) is 70.3 Å². The lowest BCUT2D eigenvalue weighted by atomic mass is 10.2. The Balaban J connectivity index is 2.28. The Hall–Kier alpha value is -2.45. The van der Waals surface area contributed by atoms with E-state index in [1.165, 1.54) is 43.4 Å². The number of sulfonamides is 1. The van der Waals surface area contributed by atoms with Gasteiger partial charge in [-0.05, 0) is 24.3 Å². The lowest BCUT2D eigenvalue weighted by Gasteiger charge is -2.14. The molecule has 7 nitrogen and oxygen atoms in total. The molecular formula is C14H12ClN3O4S. The van der Waals surface area contributed by atoms with Gasteiger partial charge in [0.2, 0.25) is 0 Å². The van der Waals surface area contributed by atoms with Gasteiger partial charge in [0.05, 0.1) is 9.82 Å². The fourth-order valence-corrected chi connectivity index (χ4v) is 2.98. The number of halogens is 1. The van der Waals surface area contributed by atoms with Crippen LogP contribution in [0.15, 0.2) is 64.6 Å². The summed E-state index contributed by atoms with van der Waals surface area (Å²) in [6, 6.07) is 13.1. The Bertz CT molecular complexity index is 836. The summed E-state index contributed by atoms with van der Waals surface area (Å²) in [4.78, 5) is 10.1. The molecule has 0 spiro atoms. The molecule has 2 rings (SSSR count). The maximum atomic E-state index is 12.3. The van der Waals surface area contributed by atoms with Crippen LogP contribution >= 0.6 is 11.6 Å². The third-order valence-corrected chi connectivity index (χ3v) is 4.87. The smallest absolute Gasteiger partial charge is 0.258 e. The summed E-state index contributed by atoms with van der Waals surface area (Å²) in [5, 5.41) is 14.3. The van der Waals surface area contributed by atoms with Crippen molar-refractivity contribution >= 4 is 32.5 Å². The van der Waals surface area contributed by atoms with E-state index in [1.807, 2.05) is 0 Å². The van der Waals surface area contributed by atoms with Gasteiger partial charge in [-0.2, -0.15) is 12.8 Å². The van der Waals surface area contributed by atoms with E-state index in [0.29, 0.717) is 5.56 Å². The number of nitro benzene ring substituents is 1. The molecule has 0 atom stereocenters. The number of benzene rings is 2. The van der Waals surface area contributed by atoms with Crippen LogP contribution in [-0.2, 0) is 10.0 Å². The fourth-order valence-electron chi connectivity index (χ4n) is 1.70. The van der Waals surface area contributed by atoms with Crippen molar-refractivity contribution in [3.8, 4) is 0 Å². The predicted molar refractivity (Wildman–Crippen MR) is 86.9 cm³/mol.